The van der Waals surface area contributed by atoms with E-state index in [0.717, 1.165) is 29.0 Å². The monoisotopic (exact) mass is 387 g/mol. The normalized spacial score (nSPS) is 12.4. The van der Waals surface area contributed by atoms with Gasteiger partial charge in [-0.2, -0.15) is 0 Å². The highest BCUT2D eigenvalue weighted by Gasteiger charge is 2.25. The quantitative estimate of drug-likeness (QED) is 0.730. The molecule has 6 nitrogen and oxygen atoms in total. The number of nitrogens with one attached hydrogen (secondary N) is 1. The number of amides is 2. The zero-order valence-corrected chi connectivity index (χ0v) is 16.1. The average molecular weight is 387 g/mol. The van der Waals surface area contributed by atoms with E-state index in [4.69, 9.17) is 4.74 Å². The Morgan fingerprint density at radius 3 is 2.69 bits per heavy atom. The van der Waals surface area contributed by atoms with Crippen LogP contribution in [0.25, 0.3) is 0 Å². The van der Waals surface area contributed by atoms with Gasteiger partial charge in [-0.3, -0.25) is 14.6 Å². The number of anilines is 1. The molecule has 0 atom stereocenters. The van der Waals surface area contributed by atoms with Crippen molar-refractivity contribution in [1.29, 1.82) is 0 Å². The van der Waals surface area contributed by atoms with Crippen LogP contribution in [-0.2, 0) is 13.0 Å². The van der Waals surface area contributed by atoms with E-state index in [0.29, 0.717) is 18.7 Å². The van der Waals surface area contributed by atoms with Crippen molar-refractivity contribution in [2.75, 3.05) is 18.6 Å². The first-order valence-corrected chi connectivity index (χ1v) is 9.42. The molecule has 0 fully saturated rings. The lowest BCUT2D eigenvalue weighted by atomic mass is 10.1. The van der Waals surface area contributed by atoms with Gasteiger partial charge in [0.2, 0.25) is 0 Å². The number of para-hydroxylation sites is 1. The van der Waals surface area contributed by atoms with Crippen molar-refractivity contribution in [2.45, 2.75) is 13.0 Å². The molecule has 146 valence electrons. The third kappa shape index (κ3) is 3.96. The number of hydrogen-bond donors (Lipinski definition) is 1. The average Bonchev–Trinajstić information content (AvgIpc) is 3.21. The van der Waals surface area contributed by atoms with Crippen LogP contribution in [0.15, 0.2) is 66.9 Å². The number of benzene rings is 2. The molecule has 0 saturated heterocycles. The molecule has 1 aliphatic rings. The van der Waals surface area contributed by atoms with Crippen molar-refractivity contribution in [3.63, 3.8) is 0 Å². The van der Waals surface area contributed by atoms with Gasteiger partial charge in [0.05, 0.1) is 7.11 Å². The third-order valence-corrected chi connectivity index (χ3v) is 4.98. The number of carbonyl (C=O) groups is 2. The van der Waals surface area contributed by atoms with Gasteiger partial charge in [0, 0.05) is 30.5 Å². The lowest BCUT2D eigenvalue weighted by Gasteiger charge is -2.17. The number of nitrogens with zero attached hydrogens (tertiary/aromatic N) is 2. The van der Waals surface area contributed by atoms with Crippen molar-refractivity contribution in [2.24, 2.45) is 0 Å². The summed E-state index contributed by atoms with van der Waals surface area (Å²) in [7, 11) is 1.61. The number of ether oxygens (including phenoxy) is 1. The molecule has 0 bridgehead atoms. The zero-order chi connectivity index (χ0) is 20.2. The van der Waals surface area contributed by atoms with Crippen LogP contribution in [0.4, 0.5) is 5.69 Å². The summed E-state index contributed by atoms with van der Waals surface area (Å²) in [6.07, 6.45) is 2.33. The summed E-state index contributed by atoms with van der Waals surface area (Å²) < 4.78 is 5.13. The van der Waals surface area contributed by atoms with E-state index in [2.05, 4.69) is 10.3 Å². The Hall–Kier alpha value is -3.67. The zero-order valence-electron chi connectivity index (χ0n) is 16.1. The Morgan fingerprint density at radius 2 is 1.90 bits per heavy atom. The summed E-state index contributed by atoms with van der Waals surface area (Å²) in [6.45, 7) is 1.00. The molecule has 0 spiro atoms. The molecular formula is C23H21N3O3. The number of methoxy groups -OCH3 is 1. The van der Waals surface area contributed by atoms with Gasteiger partial charge in [-0.25, -0.2) is 0 Å². The molecule has 0 saturated carbocycles. The summed E-state index contributed by atoms with van der Waals surface area (Å²) in [5.41, 5.74) is 3.70. The van der Waals surface area contributed by atoms with Crippen molar-refractivity contribution < 1.29 is 14.3 Å². The molecule has 1 aliphatic heterocycles. The molecule has 2 aromatic carbocycles. The van der Waals surface area contributed by atoms with E-state index in [1.165, 1.54) is 6.20 Å². The standard InChI is InChI=1S/C23H21N3O3/c1-29-19-8-6-16(7-9-19)15-25-22(27)20-14-18(10-12-24-20)23(28)26-13-11-17-4-2-3-5-21(17)26/h2-10,12,14H,11,13,15H2,1H3,(H,25,27). The maximum atomic E-state index is 13.0. The minimum atomic E-state index is -0.322. The maximum absolute atomic E-state index is 13.0. The van der Waals surface area contributed by atoms with Gasteiger partial charge in [0.1, 0.15) is 11.4 Å². The number of rotatable bonds is 5. The Morgan fingerprint density at radius 1 is 1.10 bits per heavy atom. The van der Waals surface area contributed by atoms with Crippen molar-refractivity contribution in [3.8, 4) is 5.75 Å². The SMILES string of the molecule is COc1ccc(CNC(=O)c2cc(C(=O)N3CCc4ccccc43)ccn2)cc1. The second-order valence-corrected chi connectivity index (χ2v) is 6.80. The van der Waals surface area contributed by atoms with Gasteiger partial charge in [0.25, 0.3) is 11.8 Å². The molecule has 6 heteroatoms. The fourth-order valence-corrected chi connectivity index (χ4v) is 3.41. The van der Waals surface area contributed by atoms with E-state index in [9.17, 15) is 9.59 Å². The van der Waals surface area contributed by atoms with Gasteiger partial charge in [-0.05, 0) is 47.9 Å². The van der Waals surface area contributed by atoms with Crippen LogP contribution in [0, 0.1) is 0 Å². The van der Waals surface area contributed by atoms with E-state index >= 15 is 0 Å². The molecule has 4 rings (SSSR count). The summed E-state index contributed by atoms with van der Waals surface area (Å²) in [4.78, 5) is 31.4. The van der Waals surface area contributed by atoms with Gasteiger partial charge in [-0.1, -0.05) is 30.3 Å². The smallest absolute Gasteiger partial charge is 0.270 e. The van der Waals surface area contributed by atoms with Gasteiger partial charge >= 0.3 is 0 Å². The maximum Gasteiger partial charge on any atom is 0.270 e. The topological polar surface area (TPSA) is 71.5 Å². The number of carbonyl (C=O) groups excluding carboxylic acids is 2. The molecule has 1 aromatic heterocycles. The Bertz CT molecular complexity index is 1050. The Balaban J connectivity index is 1.45. The van der Waals surface area contributed by atoms with Gasteiger partial charge in [0.15, 0.2) is 0 Å². The van der Waals surface area contributed by atoms with Crippen molar-refractivity contribution in [3.05, 3.63) is 89.2 Å². The highest BCUT2D eigenvalue weighted by atomic mass is 16.5. The number of pyridine rings is 1. The molecule has 1 N–H and O–H groups in total. The minimum absolute atomic E-state index is 0.124. The second-order valence-electron chi connectivity index (χ2n) is 6.80. The van der Waals surface area contributed by atoms with Crippen LogP contribution in [0.5, 0.6) is 5.75 Å². The van der Waals surface area contributed by atoms with E-state index < -0.39 is 0 Å². The Kier molecular flexibility index (Phi) is 5.24. The van der Waals surface area contributed by atoms with E-state index in [-0.39, 0.29) is 17.5 Å². The van der Waals surface area contributed by atoms with Crippen LogP contribution in [0.1, 0.15) is 32.0 Å². The molecule has 0 radical (unpaired) electrons. The fraction of sp³-hybridized carbons (Fsp3) is 0.174. The van der Waals surface area contributed by atoms with Crippen LogP contribution < -0.4 is 15.0 Å². The molecule has 2 amide bonds. The Labute approximate surface area is 169 Å². The fourth-order valence-electron chi connectivity index (χ4n) is 3.41. The molecule has 0 aliphatic carbocycles. The van der Waals surface area contributed by atoms with Crippen LogP contribution in [0.2, 0.25) is 0 Å². The predicted octanol–water partition coefficient (Wildman–Crippen LogP) is 3.22. The first kappa shape index (κ1) is 18.7. The first-order valence-electron chi connectivity index (χ1n) is 9.42. The van der Waals surface area contributed by atoms with Gasteiger partial charge in [-0.15, -0.1) is 0 Å². The van der Waals surface area contributed by atoms with Crippen LogP contribution in [0.3, 0.4) is 0 Å². The summed E-state index contributed by atoms with van der Waals surface area (Å²) in [5, 5.41) is 2.84. The number of hydrogen-bond acceptors (Lipinski definition) is 4. The summed E-state index contributed by atoms with van der Waals surface area (Å²) in [5.74, 6) is 0.315. The van der Waals surface area contributed by atoms with Gasteiger partial charge < -0.3 is 15.0 Å². The molecule has 3 aromatic rings. The van der Waals surface area contributed by atoms with Crippen LogP contribution >= 0.6 is 0 Å². The van der Waals surface area contributed by atoms with Crippen molar-refractivity contribution >= 4 is 17.5 Å². The molecule has 2 heterocycles. The summed E-state index contributed by atoms with van der Waals surface area (Å²) in [6, 6.07) is 18.5. The van der Waals surface area contributed by atoms with Crippen molar-refractivity contribution in [1.82, 2.24) is 10.3 Å². The second kappa shape index (κ2) is 8.14. The molecule has 29 heavy (non-hydrogen) atoms. The molecular weight excluding hydrogens is 366 g/mol. The lowest BCUT2D eigenvalue weighted by molar-refractivity contribution is 0.0946. The first-order chi connectivity index (χ1) is 14.2. The number of aromatic nitrogens is 1. The van der Waals surface area contributed by atoms with Crippen LogP contribution in [-0.4, -0.2) is 30.5 Å². The predicted molar refractivity (Wildman–Crippen MR) is 110 cm³/mol. The number of fused-ring (bicyclic) bond motifs is 1. The lowest BCUT2D eigenvalue weighted by Crippen LogP contribution is -2.29. The summed E-state index contributed by atoms with van der Waals surface area (Å²) >= 11 is 0. The highest BCUT2D eigenvalue weighted by molar-refractivity contribution is 6.08. The third-order valence-electron chi connectivity index (χ3n) is 4.98. The minimum Gasteiger partial charge on any atom is -0.497 e. The van der Waals surface area contributed by atoms with E-state index in [1.807, 2.05) is 48.5 Å². The van der Waals surface area contributed by atoms with E-state index in [1.54, 1.807) is 24.1 Å². The highest BCUT2D eigenvalue weighted by Crippen LogP contribution is 2.28. The largest absolute Gasteiger partial charge is 0.497 e. The molecule has 0 unspecified atom stereocenters.